The molecule has 0 saturated heterocycles. The zero-order valence-electron chi connectivity index (χ0n) is 12.1. The molecule has 3 aromatic rings. The second kappa shape index (κ2) is 6.89. The minimum atomic E-state index is -0.204. The van der Waals surface area contributed by atoms with Gasteiger partial charge in [-0.2, -0.15) is 0 Å². The Hall–Kier alpha value is -2.25. The van der Waals surface area contributed by atoms with E-state index in [1.807, 2.05) is 23.6 Å². The molecule has 0 aliphatic rings. The number of carbonyl (C=O) groups is 1. The number of pyridine rings is 1. The Labute approximate surface area is 145 Å². The Morgan fingerprint density at radius 3 is 2.74 bits per heavy atom. The van der Waals surface area contributed by atoms with Crippen LogP contribution < -0.4 is 10.1 Å². The van der Waals surface area contributed by atoms with E-state index in [1.165, 1.54) is 11.3 Å². The number of methoxy groups -OCH3 is 1. The summed E-state index contributed by atoms with van der Waals surface area (Å²) in [7, 11) is 1.62. The normalized spacial score (nSPS) is 10.3. The number of nitrogens with zero attached hydrogens (tertiary/aromatic N) is 2. The lowest BCUT2D eigenvalue weighted by Gasteiger charge is -2.04. The number of hydrogen-bond donors (Lipinski definition) is 1. The van der Waals surface area contributed by atoms with Crippen LogP contribution in [-0.2, 0) is 0 Å². The van der Waals surface area contributed by atoms with Crippen LogP contribution in [0.3, 0.4) is 0 Å². The van der Waals surface area contributed by atoms with Crippen LogP contribution >= 0.6 is 27.3 Å². The summed E-state index contributed by atoms with van der Waals surface area (Å²) in [5, 5.41) is 5.24. The van der Waals surface area contributed by atoms with Crippen LogP contribution in [0.1, 0.15) is 10.4 Å². The number of hydrogen-bond acceptors (Lipinski definition) is 5. The molecular weight excluding hydrogens is 378 g/mol. The second-order valence-electron chi connectivity index (χ2n) is 4.58. The number of thiazole rings is 1. The van der Waals surface area contributed by atoms with Crippen LogP contribution in [0.15, 0.2) is 52.6 Å². The molecule has 0 unspecified atom stereocenters. The van der Waals surface area contributed by atoms with Crippen LogP contribution in [0, 0.1) is 0 Å². The van der Waals surface area contributed by atoms with Crippen molar-refractivity contribution in [3.63, 3.8) is 0 Å². The van der Waals surface area contributed by atoms with Crippen LogP contribution in [0.2, 0.25) is 0 Å². The maximum Gasteiger partial charge on any atom is 0.257 e. The van der Waals surface area contributed by atoms with Gasteiger partial charge in [0.15, 0.2) is 5.13 Å². The van der Waals surface area contributed by atoms with Crippen molar-refractivity contribution in [2.45, 2.75) is 0 Å². The fraction of sp³-hybridized carbons (Fsp3) is 0.0625. The topological polar surface area (TPSA) is 64.1 Å². The molecule has 0 spiro atoms. The van der Waals surface area contributed by atoms with E-state index in [-0.39, 0.29) is 5.91 Å². The molecule has 0 saturated carbocycles. The number of amides is 1. The summed E-state index contributed by atoms with van der Waals surface area (Å²) < 4.78 is 6.07. The summed E-state index contributed by atoms with van der Waals surface area (Å²) in [6.45, 7) is 0. The summed E-state index contributed by atoms with van der Waals surface area (Å²) in [5.74, 6) is 0.555. The molecule has 0 atom stereocenters. The molecule has 0 fully saturated rings. The molecule has 0 radical (unpaired) electrons. The van der Waals surface area contributed by atoms with Gasteiger partial charge in [-0.3, -0.25) is 15.1 Å². The number of halogens is 1. The Kier molecular flexibility index (Phi) is 4.68. The monoisotopic (exact) mass is 389 g/mol. The van der Waals surface area contributed by atoms with E-state index in [0.29, 0.717) is 10.7 Å². The fourth-order valence-electron chi connectivity index (χ4n) is 1.96. The van der Waals surface area contributed by atoms with E-state index in [9.17, 15) is 4.79 Å². The molecule has 7 heteroatoms. The third-order valence-corrected chi connectivity index (χ3v) is 4.49. The first-order chi connectivity index (χ1) is 11.2. The highest BCUT2D eigenvalue weighted by molar-refractivity contribution is 9.10. The number of carbonyl (C=O) groups excluding carboxylic acids is 1. The van der Waals surface area contributed by atoms with Crippen molar-refractivity contribution in [3.8, 4) is 17.0 Å². The zero-order valence-corrected chi connectivity index (χ0v) is 14.5. The Balaban J connectivity index is 1.78. The summed E-state index contributed by atoms with van der Waals surface area (Å²) in [6, 6.07) is 9.04. The first kappa shape index (κ1) is 15.6. The third kappa shape index (κ3) is 3.57. The van der Waals surface area contributed by atoms with Gasteiger partial charge >= 0.3 is 0 Å². The molecule has 1 amide bonds. The largest absolute Gasteiger partial charge is 0.496 e. The van der Waals surface area contributed by atoms with E-state index in [4.69, 9.17) is 4.74 Å². The SMILES string of the molecule is COc1ccc(-c2csc(NC(=O)c3ccncc3)n2)cc1Br. The highest BCUT2D eigenvalue weighted by Crippen LogP contribution is 2.32. The number of rotatable bonds is 4. The van der Waals surface area contributed by atoms with Gasteiger partial charge in [-0.1, -0.05) is 0 Å². The summed E-state index contributed by atoms with van der Waals surface area (Å²) >= 11 is 4.84. The van der Waals surface area contributed by atoms with Gasteiger partial charge in [0.05, 0.1) is 17.3 Å². The minimum absolute atomic E-state index is 0.204. The molecule has 1 aromatic carbocycles. The molecule has 3 rings (SSSR count). The molecule has 0 aliphatic heterocycles. The van der Waals surface area contributed by atoms with Gasteiger partial charge in [0.25, 0.3) is 5.91 Å². The van der Waals surface area contributed by atoms with Crippen molar-refractivity contribution >= 4 is 38.3 Å². The predicted octanol–water partition coefficient (Wildman–Crippen LogP) is 4.23. The maximum atomic E-state index is 12.1. The molecule has 116 valence electrons. The lowest BCUT2D eigenvalue weighted by Crippen LogP contribution is -2.11. The van der Waals surface area contributed by atoms with E-state index >= 15 is 0 Å². The van der Waals surface area contributed by atoms with Gasteiger partial charge in [0, 0.05) is 28.9 Å². The van der Waals surface area contributed by atoms with Crippen molar-refractivity contribution in [2.75, 3.05) is 12.4 Å². The van der Waals surface area contributed by atoms with Crippen molar-refractivity contribution in [3.05, 3.63) is 58.1 Å². The van der Waals surface area contributed by atoms with Crippen LogP contribution in [0.25, 0.3) is 11.3 Å². The number of ether oxygens (including phenoxy) is 1. The molecule has 5 nitrogen and oxygen atoms in total. The van der Waals surface area contributed by atoms with E-state index in [0.717, 1.165) is 21.5 Å². The lowest BCUT2D eigenvalue weighted by molar-refractivity contribution is 0.102. The van der Waals surface area contributed by atoms with Crippen LogP contribution in [0.5, 0.6) is 5.75 Å². The highest BCUT2D eigenvalue weighted by Gasteiger charge is 2.11. The summed E-state index contributed by atoms with van der Waals surface area (Å²) in [4.78, 5) is 20.4. The summed E-state index contributed by atoms with van der Waals surface area (Å²) in [6.07, 6.45) is 3.16. The molecular formula is C16H12BrN3O2S. The number of anilines is 1. The standard InChI is InChI=1S/C16H12BrN3O2S/c1-22-14-3-2-11(8-12(14)17)13-9-23-16(19-13)20-15(21)10-4-6-18-7-5-10/h2-9H,1H3,(H,19,20,21). The Morgan fingerprint density at radius 2 is 2.04 bits per heavy atom. The molecule has 1 N–H and O–H groups in total. The van der Waals surface area contributed by atoms with Crippen LogP contribution in [0.4, 0.5) is 5.13 Å². The second-order valence-corrected chi connectivity index (χ2v) is 6.29. The van der Waals surface area contributed by atoms with E-state index < -0.39 is 0 Å². The minimum Gasteiger partial charge on any atom is -0.496 e. The first-order valence-electron chi connectivity index (χ1n) is 6.68. The molecule has 0 aliphatic carbocycles. The number of benzene rings is 1. The van der Waals surface area contributed by atoms with Crippen molar-refractivity contribution < 1.29 is 9.53 Å². The number of nitrogens with one attached hydrogen (secondary N) is 1. The van der Waals surface area contributed by atoms with Gasteiger partial charge < -0.3 is 4.74 Å². The van der Waals surface area contributed by atoms with Gasteiger partial charge in [-0.15, -0.1) is 11.3 Å². The lowest BCUT2D eigenvalue weighted by atomic mass is 10.2. The smallest absolute Gasteiger partial charge is 0.257 e. The first-order valence-corrected chi connectivity index (χ1v) is 8.35. The van der Waals surface area contributed by atoms with E-state index in [2.05, 4.69) is 31.2 Å². The average molecular weight is 390 g/mol. The zero-order chi connectivity index (χ0) is 16.2. The van der Waals surface area contributed by atoms with Gasteiger partial charge in [0.1, 0.15) is 5.75 Å². The van der Waals surface area contributed by atoms with Crippen LogP contribution in [-0.4, -0.2) is 23.0 Å². The highest BCUT2D eigenvalue weighted by atomic mass is 79.9. The van der Waals surface area contributed by atoms with E-state index in [1.54, 1.807) is 31.6 Å². The Bertz CT molecular complexity index is 836. The van der Waals surface area contributed by atoms with Crippen molar-refractivity contribution in [1.29, 1.82) is 0 Å². The third-order valence-electron chi connectivity index (χ3n) is 3.11. The molecule has 2 heterocycles. The predicted molar refractivity (Wildman–Crippen MR) is 94.0 cm³/mol. The molecule has 23 heavy (non-hydrogen) atoms. The van der Waals surface area contributed by atoms with Gasteiger partial charge in [0.2, 0.25) is 0 Å². The quantitative estimate of drug-likeness (QED) is 0.724. The molecule has 2 aromatic heterocycles. The fourth-order valence-corrected chi connectivity index (χ4v) is 3.22. The van der Waals surface area contributed by atoms with Crippen molar-refractivity contribution in [1.82, 2.24) is 9.97 Å². The maximum absolute atomic E-state index is 12.1. The summed E-state index contributed by atoms with van der Waals surface area (Å²) in [5.41, 5.74) is 2.28. The number of aromatic nitrogens is 2. The van der Waals surface area contributed by atoms with Crippen molar-refractivity contribution in [2.24, 2.45) is 0 Å². The average Bonchev–Trinajstić information content (AvgIpc) is 3.04. The van der Waals surface area contributed by atoms with Gasteiger partial charge in [-0.05, 0) is 46.3 Å². The Morgan fingerprint density at radius 1 is 1.26 bits per heavy atom. The molecule has 0 bridgehead atoms. The van der Waals surface area contributed by atoms with Gasteiger partial charge in [-0.25, -0.2) is 4.98 Å².